The average molecular weight is 334 g/mol. The van der Waals surface area contributed by atoms with Gasteiger partial charge in [0.05, 0.1) is 12.8 Å². The number of hydrogen-bond acceptors (Lipinski definition) is 4. The number of aliphatic hydroxyl groups excluding tert-OH is 1. The summed E-state index contributed by atoms with van der Waals surface area (Å²) >= 11 is 0. The van der Waals surface area contributed by atoms with Crippen LogP contribution in [0.2, 0.25) is 0 Å². The molecule has 0 bridgehead atoms. The lowest BCUT2D eigenvalue weighted by Gasteiger charge is -2.24. The monoisotopic (exact) mass is 334 g/mol. The van der Waals surface area contributed by atoms with E-state index in [0.29, 0.717) is 18.3 Å². The molecule has 134 valence electrons. The van der Waals surface area contributed by atoms with Crippen LogP contribution < -0.4 is 10.6 Å². The number of nitrogens with one attached hydrogen (secondary N) is 2. The van der Waals surface area contributed by atoms with Gasteiger partial charge in [-0.3, -0.25) is 9.89 Å². The van der Waals surface area contributed by atoms with Gasteiger partial charge in [-0.05, 0) is 38.3 Å². The number of rotatable bonds is 6. The molecule has 2 fully saturated rings. The maximum atomic E-state index is 10.1. The van der Waals surface area contributed by atoms with E-state index in [1.165, 1.54) is 32.2 Å². The van der Waals surface area contributed by atoms with E-state index >= 15 is 0 Å². The largest absolute Gasteiger partial charge is 0.467 e. The molecule has 2 heterocycles. The maximum Gasteiger partial charge on any atom is 0.191 e. The highest BCUT2D eigenvalue weighted by Gasteiger charge is 2.30. The van der Waals surface area contributed by atoms with E-state index in [2.05, 4.69) is 27.4 Å². The minimum absolute atomic E-state index is 0.294. The van der Waals surface area contributed by atoms with Gasteiger partial charge in [0, 0.05) is 31.7 Å². The molecule has 3 N–H and O–H groups in total. The second-order valence-corrected chi connectivity index (χ2v) is 6.81. The summed E-state index contributed by atoms with van der Waals surface area (Å²) in [5.41, 5.74) is 0. The van der Waals surface area contributed by atoms with Crippen molar-refractivity contribution in [2.75, 3.05) is 26.2 Å². The normalized spacial score (nSPS) is 24.4. The molecular formula is C18H30N4O2. The van der Waals surface area contributed by atoms with Crippen LogP contribution in [0.5, 0.6) is 0 Å². The first-order valence-electron chi connectivity index (χ1n) is 9.26. The van der Waals surface area contributed by atoms with Crippen molar-refractivity contribution < 1.29 is 9.52 Å². The van der Waals surface area contributed by atoms with Crippen LogP contribution in [0.3, 0.4) is 0 Å². The molecule has 2 unspecified atom stereocenters. The zero-order valence-electron chi connectivity index (χ0n) is 14.6. The van der Waals surface area contributed by atoms with Crippen molar-refractivity contribution in [2.24, 2.45) is 4.99 Å². The Balaban J connectivity index is 1.51. The molecule has 1 saturated carbocycles. The highest BCUT2D eigenvalue weighted by atomic mass is 16.4. The van der Waals surface area contributed by atoms with Crippen LogP contribution in [0.4, 0.5) is 0 Å². The third-order valence-corrected chi connectivity index (χ3v) is 5.04. The van der Waals surface area contributed by atoms with Crippen molar-refractivity contribution in [3.63, 3.8) is 0 Å². The minimum Gasteiger partial charge on any atom is -0.467 e. The van der Waals surface area contributed by atoms with Gasteiger partial charge < -0.3 is 20.2 Å². The average Bonchev–Trinajstić information content (AvgIpc) is 3.33. The Morgan fingerprint density at radius 2 is 2.25 bits per heavy atom. The Bertz CT molecular complexity index is 511. The Morgan fingerprint density at radius 3 is 2.96 bits per heavy atom. The van der Waals surface area contributed by atoms with Crippen LogP contribution in [0.25, 0.3) is 0 Å². The predicted molar refractivity (Wildman–Crippen MR) is 95.0 cm³/mol. The second-order valence-electron chi connectivity index (χ2n) is 6.81. The molecule has 3 rings (SSSR count). The van der Waals surface area contributed by atoms with Gasteiger partial charge in [-0.25, -0.2) is 0 Å². The fraction of sp³-hybridized carbons (Fsp3) is 0.722. The van der Waals surface area contributed by atoms with Crippen molar-refractivity contribution in [2.45, 2.75) is 57.2 Å². The van der Waals surface area contributed by atoms with Crippen molar-refractivity contribution in [3.05, 3.63) is 24.2 Å². The standard InChI is InChI=1S/C18H30N4O2/c1-2-19-18(20-12-16(23)17-8-5-11-24-17)21-14-9-10-22(13-14)15-6-3-4-7-15/h5,8,11,14-16,23H,2-4,6-7,9-10,12-13H2,1H3,(H2,19,20,21). The van der Waals surface area contributed by atoms with E-state index in [9.17, 15) is 5.11 Å². The first-order chi connectivity index (χ1) is 11.8. The van der Waals surface area contributed by atoms with Crippen molar-refractivity contribution in [3.8, 4) is 0 Å². The van der Waals surface area contributed by atoms with Crippen LogP contribution in [0.1, 0.15) is 50.9 Å². The summed E-state index contributed by atoms with van der Waals surface area (Å²) in [5, 5.41) is 16.9. The minimum atomic E-state index is -0.700. The third-order valence-electron chi connectivity index (χ3n) is 5.04. The summed E-state index contributed by atoms with van der Waals surface area (Å²) in [6.07, 6.45) is 7.51. The quantitative estimate of drug-likeness (QED) is 0.547. The van der Waals surface area contributed by atoms with Crippen molar-refractivity contribution >= 4 is 5.96 Å². The molecule has 2 aliphatic rings. The number of hydrogen-bond donors (Lipinski definition) is 3. The topological polar surface area (TPSA) is 73.0 Å². The van der Waals surface area contributed by atoms with Crippen molar-refractivity contribution in [1.29, 1.82) is 0 Å². The van der Waals surface area contributed by atoms with Gasteiger partial charge in [-0.1, -0.05) is 12.8 Å². The molecule has 1 aliphatic carbocycles. The summed E-state index contributed by atoms with van der Waals surface area (Å²) in [7, 11) is 0. The molecule has 0 radical (unpaired) electrons. The first kappa shape index (κ1) is 17.3. The van der Waals surface area contributed by atoms with Crippen LogP contribution in [-0.4, -0.2) is 54.2 Å². The molecule has 1 aliphatic heterocycles. The molecule has 2 atom stereocenters. The molecule has 6 nitrogen and oxygen atoms in total. The number of furan rings is 1. The number of guanidine groups is 1. The van der Waals surface area contributed by atoms with E-state index in [1.54, 1.807) is 18.4 Å². The first-order valence-corrected chi connectivity index (χ1v) is 9.26. The van der Waals surface area contributed by atoms with Crippen molar-refractivity contribution in [1.82, 2.24) is 15.5 Å². The summed E-state index contributed by atoms with van der Waals surface area (Å²) in [4.78, 5) is 7.15. The molecule has 0 aromatic carbocycles. The highest BCUT2D eigenvalue weighted by Crippen LogP contribution is 2.26. The number of aliphatic imine (C=N–C) groups is 1. The van der Waals surface area contributed by atoms with Crippen LogP contribution in [0, 0.1) is 0 Å². The summed E-state index contributed by atoms with van der Waals surface area (Å²) in [6.45, 7) is 5.43. The lowest BCUT2D eigenvalue weighted by molar-refractivity contribution is 0.158. The number of aliphatic hydroxyl groups is 1. The maximum absolute atomic E-state index is 10.1. The second kappa shape index (κ2) is 8.53. The zero-order valence-corrected chi connectivity index (χ0v) is 14.6. The predicted octanol–water partition coefficient (Wildman–Crippen LogP) is 1.88. The Labute approximate surface area is 144 Å². The molecule has 24 heavy (non-hydrogen) atoms. The fourth-order valence-electron chi connectivity index (χ4n) is 3.77. The van der Waals surface area contributed by atoms with Crippen LogP contribution in [0.15, 0.2) is 27.8 Å². The molecule has 1 aromatic heterocycles. The van der Waals surface area contributed by atoms with E-state index in [4.69, 9.17) is 4.42 Å². The zero-order chi connectivity index (χ0) is 16.8. The lowest BCUT2D eigenvalue weighted by atomic mass is 10.2. The van der Waals surface area contributed by atoms with Gasteiger partial charge in [0.2, 0.25) is 0 Å². The Kier molecular flexibility index (Phi) is 6.15. The van der Waals surface area contributed by atoms with Crippen LogP contribution in [-0.2, 0) is 0 Å². The van der Waals surface area contributed by atoms with Gasteiger partial charge in [0.15, 0.2) is 5.96 Å². The van der Waals surface area contributed by atoms with E-state index < -0.39 is 6.10 Å². The third kappa shape index (κ3) is 4.51. The molecule has 0 spiro atoms. The highest BCUT2D eigenvalue weighted by molar-refractivity contribution is 5.80. The van der Waals surface area contributed by atoms with Gasteiger partial charge in [0.1, 0.15) is 11.9 Å². The molecule has 1 aromatic rings. The molecule has 1 saturated heterocycles. The van der Waals surface area contributed by atoms with Gasteiger partial charge in [0.25, 0.3) is 0 Å². The van der Waals surface area contributed by atoms with Crippen LogP contribution >= 0.6 is 0 Å². The summed E-state index contributed by atoms with van der Waals surface area (Å²) in [5.74, 6) is 1.34. The Morgan fingerprint density at radius 1 is 1.42 bits per heavy atom. The SMILES string of the molecule is CCNC(=NCC(O)c1ccco1)NC1CCN(C2CCCC2)C1. The van der Waals surface area contributed by atoms with E-state index in [0.717, 1.165) is 31.5 Å². The van der Waals surface area contributed by atoms with E-state index in [1.807, 2.05) is 0 Å². The summed E-state index contributed by atoms with van der Waals surface area (Å²) in [6, 6.07) is 4.78. The van der Waals surface area contributed by atoms with Gasteiger partial charge in [-0.15, -0.1) is 0 Å². The molecular weight excluding hydrogens is 304 g/mol. The Hall–Kier alpha value is -1.53. The summed E-state index contributed by atoms with van der Waals surface area (Å²) < 4.78 is 5.23. The fourth-order valence-corrected chi connectivity index (χ4v) is 3.77. The van der Waals surface area contributed by atoms with Gasteiger partial charge >= 0.3 is 0 Å². The smallest absolute Gasteiger partial charge is 0.191 e. The molecule has 0 amide bonds. The lowest BCUT2D eigenvalue weighted by Crippen LogP contribution is -2.45. The van der Waals surface area contributed by atoms with E-state index in [-0.39, 0.29) is 0 Å². The number of nitrogens with zero attached hydrogens (tertiary/aromatic N) is 2. The number of likely N-dealkylation sites (tertiary alicyclic amines) is 1. The molecule has 6 heteroatoms. The van der Waals surface area contributed by atoms with Gasteiger partial charge in [-0.2, -0.15) is 0 Å².